The van der Waals surface area contributed by atoms with Crippen molar-refractivity contribution in [1.29, 1.82) is 0 Å². The van der Waals surface area contributed by atoms with Gasteiger partial charge in [-0.05, 0) is 6.92 Å². The first-order valence-corrected chi connectivity index (χ1v) is 17.4. The third-order valence-corrected chi connectivity index (χ3v) is 10.1. The monoisotopic (exact) mass is 791 g/mol. The van der Waals surface area contributed by atoms with Crippen molar-refractivity contribution in [1.82, 2.24) is 5.32 Å². The predicted octanol–water partition coefficient (Wildman–Crippen LogP) is -8.01. The number of aliphatic hydroxyl groups is 12. The number of carbonyl (C=O) groups excluding carboxylic acids is 2. The van der Waals surface area contributed by atoms with Crippen LogP contribution in [0.25, 0.3) is 0 Å². The van der Waals surface area contributed by atoms with E-state index in [0.717, 1.165) is 6.92 Å². The predicted molar refractivity (Wildman–Crippen MR) is 169 cm³/mol. The van der Waals surface area contributed by atoms with Crippen LogP contribution in [-0.2, 0) is 47.5 Å². The average Bonchev–Trinajstić information content (AvgIpc) is 3.14. The zero-order valence-corrected chi connectivity index (χ0v) is 29.6. The summed E-state index contributed by atoms with van der Waals surface area (Å²) in [6, 6.07) is -1.51. The molecule has 4 aliphatic heterocycles. The summed E-state index contributed by atoms with van der Waals surface area (Å²) in [5, 5.41) is 128. The Hall–Kier alpha value is -1.82. The summed E-state index contributed by atoms with van der Waals surface area (Å²) < 4.78 is 45.0. The fourth-order valence-electron chi connectivity index (χ4n) is 6.90. The first-order valence-electron chi connectivity index (χ1n) is 17.4. The Bertz CT molecular complexity index is 1210. The molecule has 23 heteroatoms. The Morgan fingerprint density at radius 1 is 0.815 bits per heavy atom. The number of amides is 1. The number of carbonyl (C=O) groups is 2. The van der Waals surface area contributed by atoms with E-state index >= 15 is 0 Å². The maximum absolute atomic E-state index is 12.2. The highest BCUT2D eigenvalue weighted by Crippen LogP contribution is 2.38. The van der Waals surface area contributed by atoms with Crippen molar-refractivity contribution in [3.8, 4) is 0 Å². The van der Waals surface area contributed by atoms with Crippen LogP contribution >= 0.6 is 0 Å². The van der Waals surface area contributed by atoms with Crippen molar-refractivity contribution >= 4 is 12.4 Å². The topological polar surface area (TPSA) is 363 Å². The molecule has 4 heterocycles. The molecule has 54 heavy (non-hydrogen) atoms. The standard InChI is InChI=1S/C31H53NO22/c1-10-13(38)4-31(48-9-36,54-26(10)19(40)14(39)5-33)47-8-17-21(42)23(44)25(46)30(51-17)53-28-16(7-35)50-29(18(22(28)43)32-12(3)37)52-27-11(2)49-15(6-34)20(41)24(27)45/h9-11,13-30,33-35,38-46H,4-8H2,1-3H3,(H,32,37)/t10-,11-,13-,14?,15?,16+,17?,18?,19?,20-,21+,22?,23+,24+,25?,26?,27?,28?,29+,30+,31+/m1/s1. The molecular weight excluding hydrogens is 738 g/mol. The molecule has 0 radical (unpaired) electrons. The van der Waals surface area contributed by atoms with Gasteiger partial charge in [-0.25, -0.2) is 0 Å². The van der Waals surface area contributed by atoms with E-state index in [-0.39, 0.29) is 6.47 Å². The minimum Gasteiger partial charge on any atom is -0.410 e. The molecule has 4 fully saturated rings. The van der Waals surface area contributed by atoms with E-state index in [1.165, 1.54) is 13.8 Å². The second kappa shape index (κ2) is 19.1. The van der Waals surface area contributed by atoms with E-state index in [2.05, 4.69) is 5.32 Å². The lowest BCUT2D eigenvalue weighted by molar-refractivity contribution is -0.424. The Morgan fingerprint density at radius 3 is 2.02 bits per heavy atom. The lowest BCUT2D eigenvalue weighted by Gasteiger charge is -2.49. The number of hydrogen-bond acceptors (Lipinski definition) is 22. The third-order valence-electron chi connectivity index (χ3n) is 10.1. The minimum atomic E-state index is -2.46. The Morgan fingerprint density at radius 2 is 1.43 bits per heavy atom. The number of hydrogen-bond donors (Lipinski definition) is 13. The number of nitrogens with one attached hydrogen (secondary N) is 1. The highest BCUT2D eigenvalue weighted by atomic mass is 16.9. The second-order valence-electron chi connectivity index (χ2n) is 13.9. The zero-order valence-electron chi connectivity index (χ0n) is 29.6. The van der Waals surface area contributed by atoms with Gasteiger partial charge >= 0.3 is 5.97 Å². The van der Waals surface area contributed by atoms with Crippen molar-refractivity contribution in [2.24, 2.45) is 5.92 Å². The van der Waals surface area contributed by atoms with Crippen molar-refractivity contribution in [3.63, 3.8) is 0 Å². The molecule has 0 saturated carbocycles. The van der Waals surface area contributed by atoms with Crippen molar-refractivity contribution in [3.05, 3.63) is 0 Å². The van der Waals surface area contributed by atoms with Gasteiger partial charge in [0.05, 0.1) is 51.2 Å². The van der Waals surface area contributed by atoms with E-state index < -0.39 is 167 Å². The van der Waals surface area contributed by atoms with Gasteiger partial charge in [0.1, 0.15) is 85.4 Å². The van der Waals surface area contributed by atoms with Crippen LogP contribution < -0.4 is 5.32 Å². The fraction of sp³-hybridized carbons (Fsp3) is 0.935. The summed E-state index contributed by atoms with van der Waals surface area (Å²) >= 11 is 0. The summed E-state index contributed by atoms with van der Waals surface area (Å²) in [5.41, 5.74) is 0. The second-order valence-corrected chi connectivity index (χ2v) is 13.9. The van der Waals surface area contributed by atoms with Gasteiger partial charge in [-0.1, -0.05) is 6.92 Å². The molecule has 0 aromatic carbocycles. The largest absolute Gasteiger partial charge is 0.410 e. The minimum absolute atomic E-state index is 0.101. The summed E-state index contributed by atoms with van der Waals surface area (Å²) in [5.74, 6) is -4.05. The van der Waals surface area contributed by atoms with Gasteiger partial charge in [0.2, 0.25) is 5.91 Å². The molecule has 1 amide bonds. The van der Waals surface area contributed by atoms with Crippen LogP contribution in [0.2, 0.25) is 0 Å². The van der Waals surface area contributed by atoms with E-state index in [9.17, 15) is 70.9 Å². The van der Waals surface area contributed by atoms with Crippen LogP contribution in [0.15, 0.2) is 0 Å². The van der Waals surface area contributed by atoms with Gasteiger partial charge in [-0.2, -0.15) is 0 Å². The summed E-state index contributed by atoms with van der Waals surface area (Å²) in [6.07, 6.45) is -29.8. The van der Waals surface area contributed by atoms with Gasteiger partial charge in [0.15, 0.2) is 12.6 Å². The van der Waals surface area contributed by atoms with Gasteiger partial charge in [0, 0.05) is 12.8 Å². The highest BCUT2D eigenvalue weighted by Gasteiger charge is 2.55. The maximum Gasteiger partial charge on any atom is 0.332 e. The van der Waals surface area contributed by atoms with Gasteiger partial charge in [0.25, 0.3) is 6.47 Å². The molecule has 0 aliphatic carbocycles. The SMILES string of the molecule is CC(=O)NC1C(O)C(O[C@@H]2OC(CO[C@]3(OC=O)C[C@@H](O)[C@@H](C)C(C(O)C(O)CO)O3)[C@H](O)[C@H](O)C2O)[C@H](CO)O[C@H]1OC1[C@@H](O)[C@H](O)C(CO)O[C@@H]1C. The first-order chi connectivity index (χ1) is 25.4. The lowest BCUT2D eigenvalue weighted by Crippen LogP contribution is -2.69. The van der Waals surface area contributed by atoms with E-state index in [4.69, 9.17) is 37.9 Å². The molecule has 10 unspecified atom stereocenters. The number of ether oxygens (including phenoxy) is 8. The molecule has 314 valence electrons. The maximum atomic E-state index is 12.2. The van der Waals surface area contributed by atoms with Crippen LogP contribution in [0.5, 0.6) is 0 Å². The highest BCUT2D eigenvalue weighted by molar-refractivity contribution is 5.73. The van der Waals surface area contributed by atoms with Gasteiger partial charge in [-0.15, -0.1) is 0 Å². The molecule has 0 aromatic rings. The van der Waals surface area contributed by atoms with Crippen LogP contribution in [0.3, 0.4) is 0 Å². The third kappa shape index (κ3) is 9.64. The lowest BCUT2D eigenvalue weighted by atomic mass is 9.87. The molecule has 0 aromatic heterocycles. The average molecular weight is 792 g/mol. The van der Waals surface area contributed by atoms with Gasteiger partial charge < -0.3 is 104 Å². The Labute approximate surface area is 308 Å². The van der Waals surface area contributed by atoms with E-state index in [1.807, 2.05) is 0 Å². The molecule has 0 spiro atoms. The molecule has 13 N–H and O–H groups in total. The summed E-state index contributed by atoms with van der Waals surface area (Å²) in [4.78, 5) is 23.7. The van der Waals surface area contributed by atoms with Crippen molar-refractivity contribution in [2.75, 3.05) is 26.4 Å². The molecule has 21 atom stereocenters. The number of rotatable bonds is 15. The molecular formula is C31H53NO22. The summed E-state index contributed by atoms with van der Waals surface area (Å²) in [6.45, 7) is 0.690. The molecule has 4 rings (SSSR count). The van der Waals surface area contributed by atoms with Crippen LogP contribution in [0.1, 0.15) is 27.2 Å². The van der Waals surface area contributed by atoms with Gasteiger partial charge in [-0.3, -0.25) is 9.59 Å². The van der Waals surface area contributed by atoms with Crippen LogP contribution in [0.4, 0.5) is 0 Å². The summed E-state index contributed by atoms with van der Waals surface area (Å²) in [7, 11) is 0. The van der Waals surface area contributed by atoms with E-state index in [1.54, 1.807) is 0 Å². The quantitative estimate of drug-likeness (QED) is 0.0541. The first kappa shape index (κ1) is 44.9. The fourth-order valence-corrected chi connectivity index (χ4v) is 6.90. The van der Waals surface area contributed by atoms with Crippen molar-refractivity contribution < 1.29 is 109 Å². The Balaban J connectivity index is 1.52. The normalized spacial score (nSPS) is 47.0. The van der Waals surface area contributed by atoms with Crippen molar-refractivity contribution in [2.45, 2.75) is 149 Å². The number of aliphatic hydroxyl groups excluding tert-OH is 12. The molecule has 4 saturated heterocycles. The molecule has 0 bridgehead atoms. The van der Waals surface area contributed by atoms with Crippen LogP contribution in [-0.4, -0.2) is 222 Å². The smallest absolute Gasteiger partial charge is 0.332 e. The molecule has 4 aliphatic rings. The van der Waals surface area contributed by atoms with E-state index in [0.29, 0.717) is 0 Å². The molecule has 23 nitrogen and oxygen atoms in total. The zero-order chi connectivity index (χ0) is 40.2. The van der Waals surface area contributed by atoms with Crippen LogP contribution in [0, 0.1) is 5.92 Å². The Kier molecular flexibility index (Phi) is 15.9.